The van der Waals surface area contributed by atoms with E-state index in [4.69, 9.17) is 4.74 Å². The molecule has 1 amide bonds. The zero-order valence-corrected chi connectivity index (χ0v) is 15.0. The Balaban J connectivity index is 2.71. The molecule has 0 fully saturated rings. The molecule has 0 aliphatic heterocycles. The van der Waals surface area contributed by atoms with E-state index < -0.39 is 0 Å². The van der Waals surface area contributed by atoms with Gasteiger partial charge in [0.25, 0.3) is 5.91 Å². The molecule has 0 heterocycles. The molecule has 0 saturated heterocycles. The van der Waals surface area contributed by atoms with Crippen molar-refractivity contribution in [3.63, 3.8) is 0 Å². The van der Waals surface area contributed by atoms with Crippen molar-refractivity contribution < 1.29 is 9.53 Å². The molecule has 3 nitrogen and oxygen atoms in total. The summed E-state index contributed by atoms with van der Waals surface area (Å²) in [6.07, 6.45) is 2.17. The van der Waals surface area contributed by atoms with Gasteiger partial charge >= 0.3 is 0 Å². The number of benzene rings is 1. The highest BCUT2D eigenvalue weighted by molar-refractivity contribution is 9.09. The van der Waals surface area contributed by atoms with Gasteiger partial charge in [0.2, 0.25) is 0 Å². The zero-order valence-electron chi connectivity index (χ0n) is 13.4. The number of carbonyl (C=O) groups is 1. The third-order valence-corrected chi connectivity index (χ3v) is 5.06. The van der Waals surface area contributed by atoms with Gasteiger partial charge in [0.1, 0.15) is 5.75 Å². The lowest BCUT2D eigenvalue weighted by atomic mass is 9.84. The van der Waals surface area contributed by atoms with Gasteiger partial charge in [-0.2, -0.15) is 0 Å². The van der Waals surface area contributed by atoms with Crippen LogP contribution in [-0.2, 0) is 0 Å². The Morgan fingerprint density at radius 1 is 1.33 bits per heavy atom. The zero-order chi connectivity index (χ0) is 15.9. The average Bonchev–Trinajstić information content (AvgIpc) is 2.48. The fourth-order valence-electron chi connectivity index (χ4n) is 2.09. The number of halogens is 1. The molecule has 0 unspecified atom stereocenters. The molecular weight excluding hydrogens is 330 g/mol. The minimum absolute atomic E-state index is 0.0450. The molecule has 118 valence electrons. The van der Waals surface area contributed by atoms with Crippen LogP contribution in [0.25, 0.3) is 0 Å². The lowest BCUT2D eigenvalue weighted by Gasteiger charge is -2.29. The van der Waals surface area contributed by atoms with Crippen LogP contribution in [0.3, 0.4) is 0 Å². The Bertz CT molecular complexity index is 448. The fraction of sp³-hybridized carbons (Fsp3) is 0.588. The predicted octanol–water partition coefficient (Wildman–Crippen LogP) is 4.40. The first-order valence-corrected chi connectivity index (χ1v) is 8.69. The molecule has 1 N–H and O–H groups in total. The van der Waals surface area contributed by atoms with Gasteiger partial charge in [-0.1, -0.05) is 35.8 Å². The Morgan fingerprint density at radius 2 is 2.00 bits per heavy atom. The van der Waals surface area contributed by atoms with Crippen molar-refractivity contribution in [2.24, 2.45) is 5.41 Å². The van der Waals surface area contributed by atoms with Gasteiger partial charge in [0.05, 0.1) is 6.10 Å². The smallest absolute Gasteiger partial charge is 0.251 e. The summed E-state index contributed by atoms with van der Waals surface area (Å²) < 4.78 is 5.63. The molecule has 0 radical (unpaired) electrons. The lowest BCUT2D eigenvalue weighted by molar-refractivity contribution is 0.0931. The van der Waals surface area contributed by atoms with Crippen LogP contribution in [0.5, 0.6) is 5.75 Å². The van der Waals surface area contributed by atoms with Crippen molar-refractivity contribution >= 4 is 21.8 Å². The monoisotopic (exact) mass is 355 g/mol. The topological polar surface area (TPSA) is 38.3 Å². The van der Waals surface area contributed by atoms with E-state index in [9.17, 15) is 4.79 Å². The van der Waals surface area contributed by atoms with E-state index in [1.54, 1.807) is 6.07 Å². The summed E-state index contributed by atoms with van der Waals surface area (Å²) in [5.74, 6) is 0.687. The van der Waals surface area contributed by atoms with Crippen LogP contribution in [0.4, 0.5) is 0 Å². The molecule has 0 bridgehead atoms. The highest BCUT2D eigenvalue weighted by atomic mass is 79.9. The van der Waals surface area contributed by atoms with Gasteiger partial charge in [0.15, 0.2) is 0 Å². The number of carbonyl (C=O) groups excluding carboxylic acids is 1. The summed E-state index contributed by atoms with van der Waals surface area (Å²) in [5, 5.41) is 3.94. The van der Waals surface area contributed by atoms with Crippen LogP contribution in [0.2, 0.25) is 0 Å². The van der Waals surface area contributed by atoms with Crippen LogP contribution in [0.1, 0.15) is 50.9 Å². The van der Waals surface area contributed by atoms with Crippen molar-refractivity contribution in [2.75, 3.05) is 11.9 Å². The number of hydrogen-bond donors (Lipinski definition) is 1. The molecule has 0 saturated carbocycles. The van der Waals surface area contributed by atoms with E-state index in [-0.39, 0.29) is 17.4 Å². The second kappa shape index (κ2) is 8.42. The van der Waals surface area contributed by atoms with Crippen LogP contribution >= 0.6 is 15.9 Å². The number of hydrogen-bond acceptors (Lipinski definition) is 2. The minimum atomic E-state index is -0.0450. The van der Waals surface area contributed by atoms with Crippen molar-refractivity contribution in [1.82, 2.24) is 5.32 Å². The highest BCUT2D eigenvalue weighted by Gasteiger charge is 2.25. The summed E-state index contributed by atoms with van der Waals surface area (Å²) in [6, 6.07) is 7.33. The molecule has 0 atom stereocenters. The van der Waals surface area contributed by atoms with E-state index in [1.807, 2.05) is 32.0 Å². The van der Waals surface area contributed by atoms with Crippen LogP contribution in [0.15, 0.2) is 24.3 Å². The van der Waals surface area contributed by atoms with E-state index in [0.717, 1.165) is 23.9 Å². The molecule has 0 aliphatic rings. The molecule has 4 heteroatoms. The van der Waals surface area contributed by atoms with Crippen LogP contribution in [-0.4, -0.2) is 23.9 Å². The second-order valence-electron chi connectivity index (χ2n) is 5.72. The predicted molar refractivity (Wildman–Crippen MR) is 91.3 cm³/mol. The van der Waals surface area contributed by atoms with Gasteiger partial charge in [-0.3, -0.25) is 4.79 Å². The Hall–Kier alpha value is -1.03. The van der Waals surface area contributed by atoms with Gasteiger partial charge in [-0.15, -0.1) is 0 Å². The number of alkyl halides is 1. The number of nitrogens with one attached hydrogen (secondary N) is 1. The molecule has 1 aromatic rings. The summed E-state index contributed by atoms with van der Waals surface area (Å²) in [7, 11) is 0. The number of amides is 1. The summed E-state index contributed by atoms with van der Waals surface area (Å²) >= 11 is 3.57. The standard InChI is InChI=1S/C17H26BrNO2/c1-5-17(6-2,11-18)12-19-16(20)14-8-7-9-15(10-14)21-13(3)4/h7-10,13H,5-6,11-12H2,1-4H3,(H,19,20). The summed E-state index contributed by atoms with van der Waals surface area (Å²) in [5.41, 5.74) is 0.769. The first-order chi connectivity index (χ1) is 9.96. The molecule has 1 rings (SSSR count). The minimum Gasteiger partial charge on any atom is -0.491 e. The molecule has 0 aliphatic carbocycles. The first-order valence-electron chi connectivity index (χ1n) is 7.57. The second-order valence-corrected chi connectivity index (χ2v) is 6.28. The third kappa shape index (κ3) is 5.34. The van der Waals surface area contributed by atoms with Crippen molar-refractivity contribution in [1.29, 1.82) is 0 Å². The fourth-order valence-corrected chi connectivity index (χ4v) is 3.08. The quantitative estimate of drug-likeness (QED) is 0.701. The van der Waals surface area contributed by atoms with Gasteiger partial charge < -0.3 is 10.1 Å². The number of rotatable bonds is 8. The summed E-state index contributed by atoms with van der Waals surface area (Å²) in [4.78, 5) is 12.3. The maximum atomic E-state index is 12.3. The third-order valence-electron chi connectivity index (χ3n) is 3.88. The van der Waals surface area contributed by atoms with Gasteiger partial charge in [-0.05, 0) is 50.3 Å². The van der Waals surface area contributed by atoms with Gasteiger partial charge in [0, 0.05) is 17.4 Å². The molecule has 21 heavy (non-hydrogen) atoms. The summed E-state index contributed by atoms with van der Waals surface area (Å²) in [6.45, 7) is 8.95. The molecule has 1 aromatic carbocycles. The van der Waals surface area contributed by atoms with Crippen LogP contribution < -0.4 is 10.1 Å². The van der Waals surface area contributed by atoms with E-state index in [1.165, 1.54) is 0 Å². The van der Waals surface area contributed by atoms with Crippen molar-refractivity contribution in [3.8, 4) is 5.75 Å². The average molecular weight is 356 g/mol. The Kier molecular flexibility index (Phi) is 7.23. The first kappa shape index (κ1) is 18.0. The highest BCUT2D eigenvalue weighted by Crippen LogP contribution is 2.27. The van der Waals surface area contributed by atoms with Crippen molar-refractivity contribution in [2.45, 2.75) is 46.6 Å². The van der Waals surface area contributed by atoms with Gasteiger partial charge in [-0.25, -0.2) is 0 Å². The maximum absolute atomic E-state index is 12.3. The Morgan fingerprint density at radius 3 is 2.52 bits per heavy atom. The van der Waals surface area contributed by atoms with E-state index in [0.29, 0.717) is 12.1 Å². The van der Waals surface area contributed by atoms with Crippen LogP contribution in [0, 0.1) is 5.41 Å². The molecular formula is C17H26BrNO2. The van der Waals surface area contributed by atoms with Crippen molar-refractivity contribution in [3.05, 3.63) is 29.8 Å². The SMILES string of the molecule is CCC(CC)(CBr)CNC(=O)c1cccc(OC(C)C)c1. The normalized spacial score (nSPS) is 11.5. The van der Waals surface area contributed by atoms with E-state index in [2.05, 4.69) is 35.1 Å². The Labute approximate surface area is 136 Å². The largest absolute Gasteiger partial charge is 0.491 e. The number of ether oxygens (including phenoxy) is 1. The maximum Gasteiger partial charge on any atom is 0.251 e. The lowest BCUT2D eigenvalue weighted by Crippen LogP contribution is -2.38. The van der Waals surface area contributed by atoms with E-state index >= 15 is 0 Å². The molecule has 0 aromatic heterocycles. The molecule has 0 spiro atoms.